The van der Waals surface area contributed by atoms with Crippen molar-refractivity contribution in [2.75, 3.05) is 25.6 Å². The highest BCUT2D eigenvalue weighted by Crippen LogP contribution is 2.32. The van der Waals surface area contributed by atoms with Crippen molar-refractivity contribution in [1.82, 2.24) is 0 Å². The van der Waals surface area contributed by atoms with Gasteiger partial charge in [0.05, 0.1) is 13.2 Å². The lowest BCUT2D eigenvalue weighted by molar-refractivity contribution is -0.139. The zero-order chi connectivity index (χ0) is 20.4. The Labute approximate surface area is 167 Å². The third-order valence-electron chi connectivity index (χ3n) is 5.20. The Hall–Kier alpha value is -2.08. The molecule has 0 radical (unpaired) electrons. The van der Waals surface area contributed by atoms with Crippen LogP contribution in [0.5, 0.6) is 5.75 Å². The van der Waals surface area contributed by atoms with Crippen LogP contribution in [0.1, 0.15) is 75.6 Å². The molecule has 6 heteroatoms. The van der Waals surface area contributed by atoms with E-state index in [4.69, 9.17) is 14.2 Å². The van der Waals surface area contributed by atoms with Gasteiger partial charge in [-0.1, -0.05) is 39.0 Å². The summed E-state index contributed by atoms with van der Waals surface area (Å²) in [7, 11) is 1.60. The van der Waals surface area contributed by atoms with E-state index in [1.165, 1.54) is 0 Å². The Morgan fingerprint density at radius 3 is 2.43 bits per heavy atom. The van der Waals surface area contributed by atoms with Crippen LogP contribution in [0.4, 0.5) is 5.69 Å². The SMILES string of the molecule is CCCCOc1ccc(NC(=O)C2(OC)CCCCCC2)cc1C(=O)OCC. The quantitative estimate of drug-likeness (QED) is 0.374. The smallest absolute Gasteiger partial charge is 0.341 e. The molecular formula is C22H33NO5. The molecule has 1 aliphatic rings. The lowest BCUT2D eigenvalue weighted by atomic mass is 9.93. The number of benzene rings is 1. The Morgan fingerprint density at radius 2 is 1.82 bits per heavy atom. The first-order valence-corrected chi connectivity index (χ1v) is 10.4. The van der Waals surface area contributed by atoms with Gasteiger partial charge in [-0.2, -0.15) is 0 Å². The third-order valence-corrected chi connectivity index (χ3v) is 5.20. The van der Waals surface area contributed by atoms with Gasteiger partial charge in [0.2, 0.25) is 0 Å². The highest BCUT2D eigenvalue weighted by Gasteiger charge is 2.38. The zero-order valence-electron chi connectivity index (χ0n) is 17.3. The number of unbranched alkanes of at least 4 members (excludes halogenated alkanes) is 1. The summed E-state index contributed by atoms with van der Waals surface area (Å²) in [4.78, 5) is 25.4. The van der Waals surface area contributed by atoms with Gasteiger partial charge in [-0.3, -0.25) is 4.79 Å². The number of rotatable bonds is 9. The number of amides is 1. The second-order valence-corrected chi connectivity index (χ2v) is 7.20. The predicted molar refractivity (Wildman–Crippen MR) is 109 cm³/mol. The Balaban J connectivity index is 2.20. The van der Waals surface area contributed by atoms with Gasteiger partial charge in [-0.15, -0.1) is 0 Å². The van der Waals surface area contributed by atoms with Crippen molar-refractivity contribution < 1.29 is 23.8 Å². The Morgan fingerprint density at radius 1 is 1.11 bits per heavy atom. The normalized spacial score (nSPS) is 16.1. The maximum absolute atomic E-state index is 13.0. The molecule has 1 aromatic rings. The molecule has 0 saturated heterocycles. The minimum absolute atomic E-state index is 0.161. The molecule has 1 saturated carbocycles. The molecule has 0 spiro atoms. The summed E-state index contributed by atoms with van der Waals surface area (Å²) in [6.45, 7) is 4.64. The van der Waals surface area contributed by atoms with Crippen LogP contribution in [-0.2, 0) is 14.3 Å². The Bertz CT molecular complexity index is 650. The van der Waals surface area contributed by atoms with Crippen molar-refractivity contribution >= 4 is 17.6 Å². The maximum Gasteiger partial charge on any atom is 0.341 e. The van der Waals surface area contributed by atoms with E-state index in [1.54, 1.807) is 32.2 Å². The summed E-state index contributed by atoms with van der Waals surface area (Å²) in [6.07, 6.45) is 7.50. The first kappa shape index (κ1) is 22.2. The van der Waals surface area contributed by atoms with E-state index in [0.29, 0.717) is 36.4 Å². The lowest BCUT2D eigenvalue weighted by Crippen LogP contribution is -2.44. The van der Waals surface area contributed by atoms with Gasteiger partial charge < -0.3 is 19.5 Å². The van der Waals surface area contributed by atoms with Crippen molar-refractivity contribution in [1.29, 1.82) is 0 Å². The molecule has 6 nitrogen and oxygen atoms in total. The molecule has 1 aromatic carbocycles. The van der Waals surface area contributed by atoms with Crippen molar-refractivity contribution in [2.45, 2.75) is 70.8 Å². The topological polar surface area (TPSA) is 73.9 Å². The second-order valence-electron chi connectivity index (χ2n) is 7.20. The van der Waals surface area contributed by atoms with E-state index >= 15 is 0 Å². The lowest BCUT2D eigenvalue weighted by Gasteiger charge is -2.30. The minimum Gasteiger partial charge on any atom is -0.493 e. The molecule has 0 bridgehead atoms. The molecule has 0 aromatic heterocycles. The average molecular weight is 392 g/mol. The van der Waals surface area contributed by atoms with Gasteiger partial charge >= 0.3 is 5.97 Å². The summed E-state index contributed by atoms with van der Waals surface area (Å²) < 4.78 is 16.6. The number of ether oxygens (including phenoxy) is 3. The van der Waals surface area contributed by atoms with Gasteiger partial charge in [0.15, 0.2) is 0 Å². The molecule has 0 aliphatic heterocycles. The van der Waals surface area contributed by atoms with Crippen LogP contribution >= 0.6 is 0 Å². The Kier molecular flexibility index (Phi) is 8.77. The summed E-state index contributed by atoms with van der Waals surface area (Å²) in [6, 6.07) is 5.09. The van der Waals surface area contributed by atoms with E-state index in [0.717, 1.165) is 38.5 Å². The number of anilines is 1. The number of nitrogens with one attached hydrogen (secondary N) is 1. The van der Waals surface area contributed by atoms with E-state index in [1.807, 2.05) is 0 Å². The van der Waals surface area contributed by atoms with Crippen LogP contribution in [0.15, 0.2) is 18.2 Å². The standard InChI is InChI=1S/C22H33NO5/c1-4-6-15-28-19-12-11-17(16-18(19)20(24)27-5-2)23-21(25)22(26-3)13-9-7-8-10-14-22/h11-12,16H,4-10,13-15H2,1-3H3,(H,23,25). The highest BCUT2D eigenvalue weighted by atomic mass is 16.5. The largest absolute Gasteiger partial charge is 0.493 e. The van der Waals surface area contributed by atoms with E-state index in [9.17, 15) is 9.59 Å². The first-order valence-electron chi connectivity index (χ1n) is 10.4. The maximum atomic E-state index is 13.0. The van der Waals surface area contributed by atoms with E-state index < -0.39 is 11.6 Å². The van der Waals surface area contributed by atoms with E-state index in [-0.39, 0.29) is 12.5 Å². The summed E-state index contributed by atoms with van der Waals surface area (Å²) >= 11 is 0. The molecule has 2 rings (SSSR count). The molecule has 1 fully saturated rings. The number of methoxy groups -OCH3 is 1. The number of hydrogen-bond donors (Lipinski definition) is 1. The van der Waals surface area contributed by atoms with Crippen molar-refractivity contribution in [3.8, 4) is 5.75 Å². The van der Waals surface area contributed by atoms with Crippen LogP contribution in [0.3, 0.4) is 0 Å². The van der Waals surface area contributed by atoms with Gasteiger partial charge in [-0.25, -0.2) is 4.79 Å². The van der Waals surface area contributed by atoms with Gasteiger partial charge in [0.25, 0.3) is 5.91 Å². The average Bonchev–Trinajstić information content (AvgIpc) is 2.96. The van der Waals surface area contributed by atoms with Crippen molar-refractivity contribution in [3.05, 3.63) is 23.8 Å². The van der Waals surface area contributed by atoms with Crippen LogP contribution in [0.2, 0.25) is 0 Å². The molecule has 28 heavy (non-hydrogen) atoms. The van der Waals surface area contributed by atoms with Crippen LogP contribution in [0, 0.1) is 0 Å². The van der Waals surface area contributed by atoms with Gasteiger partial charge in [0, 0.05) is 12.8 Å². The molecular weight excluding hydrogens is 358 g/mol. The monoisotopic (exact) mass is 391 g/mol. The molecule has 156 valence electrons. The van der Waals surface area contributed by atoms with Crippen LogP contribution in [0.25, 0.3) is 0 Å². The van der Waals surface area contributed by atoms with Gasteiger partial charge in [-0.05, 0) is 44.4 Å². The van der Waals surface area contributed by atoms with Crippen LogP contribution in [-0.4, -0.2) is 37.8 Å². The number of carbonyl (C=O) groups is 2. The fourth-order valence-corrected chi connectivity index (χ4v) is 3.50. The fourth-order valence-electron chi connectivity index (χ4n) is 3.50. The number of esters is 1. The first-order chi connectivity index (χ1) is 13.6. The molecule has 0 atom stereocenters. The van der Waals surface area contributed by atoms with Crippen molar-refractivity contribution in [3.63, 3.8) is 0 Å². The molecule has 1 aliphatic carbocycles. The molecule has 0 unspecified atom stereocenters. The molecule has 1 N–H and O–H groups in total. The van der Waals surface area contributed by atoms with Crippen LogP contribution < -0.4 is 10.1 Å². The number of hydrogen-bond acceptors (Lipinski definition) is 5. The summed E-state index contributed by atoms with van der Waals surface area (Å²) in [5, 5.41) is 2.94. The van der Waals surface area contributed by atoms with Gasteiger partial charge in [0.1, 0.15) is 16.9 Å². The summed E-state index contributed by atoms with van der Waals surface area (Å²) in [5.41, 5.74) is 0.0521. The van der Waals surface area contributed by atoms with E-state index in [2.05, 4.69) is 12.2 Å². The highest BCUT2D eigenvalue weighted by molar-refractivity contribution is 5.99. The zero-order valence-corrected chi connectivity index (χ0v) is 17.3. The number of carbonyl (C=O) groups excluding carboxylic acids is 2. The van der Waals surface area contributed by atoms with Crippen molar-refractivity contribution in [2.24, 2.45) is 0 Å². The second kappa shape index (κ2) is 11.1. The fraction of sp³-hybridized carbons (Fsp3) is 0.636. The summed E-state index contributed by atoms with van der Waals surface area (Å²) in [5.74, 6) is -0.145. The minimum atomic E-state index is -0.809. The third kappa shape index (κ3) is 5.71. The molecule has 1 amide bonds. The predicted octanol–water partition coefficient (Wildman–Crippen LogP) is 4.72. The molecule has 0 heterocycles.